The molecule has 1 spiro atoms. The third kappa shape index (κ3) is 1.37. The van der Waals surface area contributed by atoms with Crippen LogP contribution >= 0.6 is 11.8 Å². The number of hydrogen-bond donors (Lipinski definition) is 2. The number of carboxylic acid groups (broad SMARTS) is 1. The molecule has 3 fully saturated rings. The van der Waals surface area contributed by atoms with Crippen LogP contribution in [0.5, 0.6) is 0 Å². The zero-order valence-corrected chi connectivity index (χ0v) is 10.3. The minimum absolute atomic E-state index is 0.110. The number of hydrogen-bond acceptors (Lipinski definition) is 4. The molecule has 2 heterocycles. The number of carboxylic acids is 1. The first kappa shape index (κ1) is 11.3. The number of thioether (sulfide) groups is 1. The standard InChI is InChI=1S/C11H16N2O3S/c12-6-8(14)13-7(10(15)16)11(17-9(6)13)4-2-1-3-5-11/h6-7,9H,1-5,12H2,(H,15,16)/t6?,7?,9-/m0/s1. The van der Waals surface area contributed by atoms with Gasteiger partial charge < -0.3 is 15.7 Å². The Morgan fingerprint density at radius 2 is 2.06 bits per heavy atom. The Hall–Kier alpha value is -0.750. The summed E-state index contributed by atoms with van der Waals surface area (Å²) in [5.41, 5.74) is 5.75. The Balaban J connectivity index is 1.94. The molecule has 3 atom stereocenters. The Kier molecular flexibility index (Phi) is 2.42. The normalized spacial score (nSPS) is 39.0. The van der Waals surface area contributed by atoms with E-state index in [-0.39, 0.29) is 16.0 Å². The molecule has 0 aromatic rings. The lowest BCUT2D eigenvalue weighted by molar-refractivity contribution is -0.159. The van der Waals surface area contributed by atoms with E-state index in [0.29, 0.717) is 0 Å². The maximum atomic E-state index is 11.7. The van der Waals surface area contributed by atoms with Gasteiger partial charge in [-0.3, -0.25) is 4.79 Å². The van der Waals surface area contributed by atoms with Crippen molar-refractivity contribution in [3.63, 3.8) is 0 Å². The predicted octanol–water partition coefficient (Wildman–Crippen LogP) is 0.385. The average molecular weight is 256 g/mol. The lowest BCUT2D eigenvalue weighted by Gasteiger charge is -2.42. The fourth-order valence-electron chi connectivity index (χ4n) is 3.36. The summed E-state index contributed by atoms with van der Waals surface area (Å²) in [5, 5.41) is 9.30. The second-order valence-corrected chi connectivity index (χ2v) is 6.68. The SMILES string of the molecule is NC1C(=O)N2C(C(=O)O)C3(CCCCC3)S[C@@H]12. The smallest absolute Gasteiger partial charge is 0.327 e. The summed E-state index contributed by atoms with van der Waals surface area (Å²) in [7, 11) is 0. The van der Waals surface area contributed by atoms with Gasteiger partial charge >= 0.3 is 5.97 Å². The van der Waals surface area contributed by atoms with Gasteiger partial charge in [0.15, 0.2) is 0 Å². The maximum Gasteiger partial charge on any atom is 0.327 e. The van der Waals surface area contributed by atoms with Crippen LogP contribution in [0.1, 0.15) is 32.1 Å². The lowest BCUT2D eigenvalue weighted by Crippen LogP contribution is -2.69. The van der Waals surface area contributed by atoms with E-state index in [2.05, 4.69) is 0 Å². The fraction of sp³-hybridized carbons (Fsp3) is 0.818. The molecule has 3 rings (SSSR count). The molecule has 2 aliphatic heterocycles. The summed E-state index contributed by atoms with van der Waals surface area (Å²) in [6, 6.07) is -1.16. The summed E-state index contributed by atoms with van der Waals surface area (Å²) in [5.74, 6) is -1.07. The molecule has 2 saturated heterocycles. The summed E-state index contributed by atoms with van der Waals surface area (Å²) in [4.78, 5) is 24.7. The zero-order chi connectivity index (χ0) is 12.2. The summed E-state index contributed by atoms with van der Waals surface area (Å²) in [6.07, 6.45) is 5.06. The molecule has 1 aliphatic carbocycles. The molecular formula is C11H16N2O3S. The maximum absolute atomic E-state index is 11.7. The molecule has 1 amide bonds. The van der Waals surface area contributed by atoms with Crippen LogP contribution in [0.25, 0.3) is 0 Å². The van der Waals surface area contributed by atoms with Crippen LogP contribution in [0.3, 0.4) is 0 Å². The van der Waals surface area contributed by atoms with Gasteiger partial charge in [-0.05, 0) is 12.8 Å². The van der Waals surface area contributed by atoms with Crippen molar-refractivity contribution in [1.82, 2.24) is 4.90 Å². The molecule has 2 unspecified atom stereocenters. The van der Waals surface area contributed by atoms with Crippen LogP contribution < -0.4 is 5.73 Å². The van der Waals surface area contributed by atoms with Crippen LogP contribution in [0, 0.1) is 0 Å². The first-order valence-electron chi connectivity index (χ1n) is 6.05. The largest absolute Gasteiger partial charge is 0.480 e. The van der Waals surface area contributed by atoms with Crippen molar-refractivity contribution >= 4 is 23.6 Å². The second-order valence-electron chi connectivity index (χ2n) is 5.15. The van der Waals surface area contributed by atoms with E-state index in [0.717, 1.165) is 25.7 Å². The van der Waals surface area contributed by atoms with Crippen LogP contribution in [0.15, 0.2) is 0 Å². The molecule has 0 radical (unpaired) electrons. The van der Waals surface area contributed by atoms with Crippen molar-refractivity contribution in [2.24, 2.45) is 5.73 Å². The van der Waals surface area contributed by atoms with E-state index in [1.54, 1.807) is 11.8 Å². The number of aliphatic carboxylic acids is 1. The lowest BCUT2D eigenvalue weighted by atomic mass is 9.81. The van der Waals surface area contributed by atoms with Crippen LogP contribution in [0.2, 0.25) is 0 Å². The molecule has 17 heavy (non-hydrogen) atoms. The summed E-state index contributed by atoms with van der Waals surface area (Å²) >= 11 is 1.63. The number of carbonyl (C=O) groups excluding carboxylic acids is 1. The van der Waals surface area contributed by atoms with E-state index >= 15 is 0 Å². The van der Waals surface area contributed by atoms with Crippen LogP contribution in [0.4, 0.5) is 0 Å². The third-order valence-electron chi connectivity index (χ3n) is 4.19. The van der Waals surface area contributed by atoms with Crippen LogP contribution in [-0.4, -0.2) is 44.1 Å². The van der Waals surface area contributed by atoms with Crippen molar-refractivity contribution in [1.29, 1.82) is 0 Å². The van der Waals surface area contributed by atoms with Crippen molar-refractivity contribution in [3.05, 3.63) is 0 Å². The van der Waals surface area contributed by atoms with Gasteiger partial charge in [-0.25, -0.2) is 4.79 Å². The summed E-state index contributed by atoms with van der Waals surface area (Å²) < 4.78 is -0.279. The van der Waals surface area contributed by atoms with Crippen molar-refractivity contribution in [3.8, 4) is 0 Å². The van der Waals surface area contributed by atoms with Gasteiger partial charge in [0.2, 0.25) is 5.91 Å². The molecule has 0 aromatic carbocycles. The summed E-state index contributed by atoms with van der Waals surface area (Å²) in [6.45, 7) is 0. The highest BCUT2D eigenvalue weighted by atomic mass is 32.2. The zero-order valence-electron chi connectivity index (χ0n) is 9.46. The van der Waals surface area contributed by atoms with Gasteiger partial charge in [-0.1, -0.05) is 19.3 Å². The quantitative estimate of drug-likeness (QED) is 0.663. The number of rotatable bonds is 1. The number of carbonyl (C=O) groups is 2. The molecule has 94 valence electrons. The van der Waals surface area contributed by atoms with E-state index in [1.807, 2.05) is 0 Å². The van der Waals surface area contributed by atoms with E-state index < -0.39 is 18.1 Å². The molecule has 5 nitrogen and oxygen atoms in total. The topological polar surface area (TPSA) is 83.6 Å². The fourth-order valence-corrected chi connectivity index (χ4v) is 5.31. The first-order valence-corrected chi connectivity index (χ1v) is 6.93. The van der Waals surface area contributed by atoms with Crippen LogP contribution in [-0.2, 0) is 9.59 Å². The number of nitrogens with zero attached hydrogens (tertiary/aromatic N) is 1. The highest BCUT2D eigenvalue weighted by Gasteiger charge is 2.65. The average Bonchev–Trinajstić information content (AvgIpc) is 2.62. The van der Waals surface area contributed by atoms with Gasteiger partial charge in [0, 0.05) is 4.75 Å². The highest BCUT2D eigenvalue weighted by Crippen LogP contribution is 2.56. The third-order valence-corrected chi connectivity index (χ3v) is 6.05. The Morgan fingerprint density at radius 3 is 2.65 bits per heavy atom. The van der Waals surface area contributed by atoms with Gasteiger partial charge in [0.25, 0.3) is 0 Å². The molecule has 3 N–H and O–H groups in total. The monoisotopic (exact) mass is 256 g/mol. The molecular weight excluding hydrogens is 240 g/mol. The minimum Gasteiger partial charge on any atom is -0.480 e. The Morgan fingerprint density at radius 1 is 1.41 bits per heavy atom. The van der Waals surface area contributed by atoms with Gasteiger partial charge in [0.05, 0.1) is 0 Å². The second kappa shape index (κ2) is 3.62. The van der Waals surface area contributed by atoms with E-state index in [1.165, 1.54) is 11.3 Å². The van der Waals surface area contributed by atoms with Gasteiger partial charge in [-0.15, -0.1) is 11.8 Å². The number of fused-ring (bicyclic) bond motifs is 1. The van der Waals surface area contributed by atoms with Crippen molar-refractivity contribution in [2.75, 3.05) is 0 Å². The van der Waals surface area contributed by atoms with E-state index in [9.17, 15) is 14.7 Å². The number of amides is 1. The van der Waals surface area contributed by atoms with Crippen molar-refractivity contribution < 1.29 is 14.7 Å². The number of β-lactam (4-membered cyclic amide) rings is 1. The Bertz CT molecular complexity index is 381. The number of nitrogens with two attached hydrogens (primary N) is 1. The molecule has 3 aliphatic rings. The molecule has 1 saturated carbocycles. The predicted molar refractivity (Wildman–Crippen MR) is 63.4 cm³/mol. The molecule has 0 bridgehead atoms. The molecule has 0 aromatic heterocycles. The Labute approximate surface area is 104 Å². The van der Waals surface area contributed by atoms with Gasteiger partial charge in [0.1, 0.15) is 17.5 Å². The first-order chi connectivity index (χ1) is 8.07. The molecule has 6 heteroatoms. The van der Waals surface area contributed by atoms with E-state index in [4.69, 9.17) is 5.73 Å². The van der Waals surface area contributed by atoms with Gasteiger partial charge in [-0.2, -0.15) is 0 Å². The minimum atomic E-state index is -0.873. The van der Waals surface area contributed by atoms with Crippen molar-refractivity contribution in [2.45, 2.75) is 54.3 Å². The highest BCUT2D eigenvalue weighted by molar-refractivity contribution is 8.01.